The Morgan fingerprint density at radius 1 is 1.56 bits per heavy atom. The van der Waals surface area contributed by atoms with Crippen LogP contribution < -0.4 is 10.6 Å². The quantitative estimate of drug-likeness (QED) is 0.797. The number of pyridine rings is 1. The molecular weight excluding hydrogens is 218 g/mol. The minimum atomic E-state index is 0.346. The molecule has 1 rings (SSSR count). The van der Waals surface area contributed by atoms with E-state index < -0.39 is 0 Å². The normalized spacial score (nSPS) is 12.2. The minimum absolute atomic E-state index is 0.346. The van der Waals surface area contributed by atoms with Crippen LogP contribution in [0.3, 0.4) is 0 Å². The molecule has 0 radical (unpaired) electrons. The van der Waals surface area contributed by atoms with E-state index in [4.69, 9.17) is 18.0 Å². The molecule has 1 unspecified atom stereocenters. The van der Waals surface area contributed by atoms with Crippen molar-refractivity contribution in [3.8, 4) is 0 Å². The van der Waals surface area contributed by atoms with E-state index in [0.29, 0.717) is 16.6 Å². The average Bonchev–Trinajstić information content (AvgIpc) is 2.28. The van der Waals surface area contributed by atoms with Crippen LogP contribution in [0.15, 0.2) is 18.2 Å². The van der Waals surface area contributed by atoms with Gasteiger partial charge in [-0.1, -0.05) is 38.6 Å². The molecule has 0 saturated carbocycles. The van der Waals surface area contributed by atoms with Gasteiger partial charge < -0.3 is 10.6 Å². The van der Waals surface area contributed by atoms with Gasteiger partial charge in [-0.2, -0.15) is 0 Å². The third kappa shape index (κ3) is 3.45. The highest BCUT2D eigenvalue weighted by molar-refractivity contribution is 7.80. The van der Waals surface area contributed by atoms with Crippen molar-refractivity contribution in [2.75, 3.05) is 18.5 Å². The molecule has 0 bridgehead atoms. The molecule has 0 spiro atoms. The van der Waals surface area contributed by atoms with Gasteiger partial charge in [0, 0.05) is 13.6 Å². The third-order valence-corrected chi connectivity index (χ3v) is 2.87. The molecule has 1 aromatic rings. The van der Waals surface area contributed by atoms with Crippen molar-refractivity contribution in [2.24, 2.45) is 11.7 Å². The third-order valence-electron chi connectivity index (χ3n) is 2.66. The Hall–Kier alpha value is -1.16. The Kier molecular flexibility index (Phi) is 4.68. The van der Waals surface area contributed by atoms with E-state index in [-0.39, 0.29) is 0 Å². The molecular formula is C12H19N3S. The predicted octanol–water partition coefficient (Wildman–Crippen LogP) is 2.20. The lowest BCUT2D eigenvalue weighted by Gasteiger charge is -2.22. The number of anilines is 1. The standard InChI is InChI=1S/C12H19N3S/c1-4-9(2)8-15(3)11-7-5-6-10(14-11)12(13)16/h5-7,9H,4,8H2,1-3H3,(H2,13,16). The van der Waals surface area contributed by atoms with E-state index in [1.165, 1.54) is 6.42 Å². The van der Waals surface area contributed by atoms with Crippen LogP contribution in [-0.4, -0.2) is 23.6 Å². The lowest BCUT2D eigenvalue weighted by atomic mass is 10.1. The van der Waals surface area contributed by atoms with Gasteiger partial charge in [-0.3, -0.25) is 0 Å². The molecule has 1 atom stereocenters. The average molecular weight is 237 g/mol. The molecule has 0 aromatic carbocycles. The van der Waals surface area contributed by atoms with E-state index in [1.54, 1.807) is 0 Å². The van der Waals surface area contributed by atoms with Crippen molar-refractivity contribution in [3.63, 3.8) is 0 Å². The van der Waals surface area contributed by atoms with Crippen LogP contribution in [0.2, 0.25) is 0 Å². The maximum absolute atomic E-state index is 5.56. The van der Waals surface area contributed by atoms with Crippen LogP contribution in [0.25, 0.3) is 0 Å². The molecule has 0 saturated heterocycles. The van der Waals surface area contributed by atoms with Gasteiger partial charge in [-0.05, 0) is 18.1 Å². The van der Waals surface area contributed by atoms with Gasteiger partial charge in [-0.15, -0.1) is 0 Å². The Morgan fingerprint density at radius 2 is 2.25 bits per heavy atom. The first-order chi connectivity index (χ1) is 7.54. The number of thiocarbonyl (C=S) groups is 1. The first-order valence-electron chi connectivity index (χ1n) is 5.52. The second-order valence-corrected chi connectivity index (χ2v) is 4.58. The first kappa shape index (κ1) is 12.9. The molecule has 1 heterocycles. The maximum atomic E-state index is 5.56. The number of nitrogens with zero attached hydrogens (tertiary/aromatic N) is 2. The second kappa shape index (κ2) is 5.80. The van der Waals surface area contributed by atoms with Crippen molar-refractivity contribution < 1.29 is 0 Å². The molecule has 0 aliphatic carbocycles. The summed E-state index contributed by atoms with van der Waals surface area (Å²) >= 11 is 4.92. The van der Waals surface area contributed by atoms with Gasteiger partial charge >= 0.3 is 0 Å². The van der Waals surface area contributed by atoms with E-state index in [9.17, 15) is 0 Å². The molecule has 16 heavy (non-hydrogen) atoms. The van der Waals surface area contributed by atoms with Gasteiger partial charge in [0.05, 0.1) is 5.69 Å². The summed E-state index contributed by atoms with van der Waals surface area (Å²) < 4.78 is 0. The molecule has 3 nitrogen and oxygen atoms in total. The van der Waals surface area contributed by atoms with Crippen LogP contribution in [0, 0.1) is 5.92 Å². The second-order valence-electron chi connectivity index (χ2n) is 4.14. The summed E-state index contributed by atoms with van der Waals surface area (Å²) in [7, 11) is 2.04. The zero-order valence-electron chi connectivity index (χ0n) is 10.1. The lowest BCUT2D eigenvalue weighted by Crippen LogP contribution is -2.25. The van der Waals surface area contributed by atoms with Crippen molar-refractivity contribution in [2.45, 2.75) is 20.3 Å². The monoisotopic (exact) mass is 237 g/mol. The number of hydrogen-bond acceptors (Lipinski definition) is 3. The molecule has 0 aliphatic heterocycles. The minimum Gasteiger partial charge on any atom is -0.388 e. The topological polar surface area (TPSA) is 42.1 Å². The van der Waals surface area contributed by atoms with Crippen LogP contribution in [-0.2, 0) is 0 Å². The van der Waals surface area contributed by atoms with Gasteiger partial charge in [0.15, 0.2) is 0 Å². The highest BCUT2D eigenvalue weighted by Crippen LogP contribution is 2.12. The van der Waals surface area contributed by atoms with Crippen molar-refractivity contribution in [1.29, 1.82) is 0 Å². The predicted molar refractivity (Wildman–Crippen MR) is 72.8 cm³/mol. The maximum Gasteiger partial charge on any atom is 0.129 e. The summed E-state index contributed by atoms with van der Waals surface area (Å²) in [6, 6.07) is 5.75. The van der Waals surface area contributed by atoms with E-state index >= 15 is 0 Å². The zero-order valence-corrected chi connectivity index (χ0v) is 10.9. The zero-order chi connectivity index (χ0) is 12.1. The number of aromatic nitrogens is 1. The molecule has 0 fully saturated rings. The van der Waals surface area contributed by atoms with Crippen LogP contribution >= 0.6 is 12.2 Å². The molecule has 2 N–H and O–H groups in total. The summed E-state index contributed by atoms with van der Waals surface area (Å²) in [5.41, 5.74) is 6.24. The Balaban J connectivity index is 2.79. The van der Waals surface area contributed by atoms with Gasteiger partial charge in [0.2, 0.25) is 0 Å². The van der Waals surface area contributed by atoms with Crippen molar-refractivity contribution in [3.05, 3.63) is 23.9 Å². The smallest absolute Gasteiger partial charge is 0.129 e. The van der Waals surface area contributed by atoms with Crippen LogP contribution in [0.5, 0.6) is 0 Å². The number of hydrogen-bond donors (Lipinski definition) is 1. The van der Waals surface area contributed by atoms with Gasteiger partial charge in [0.1, 0.15) is 10.8 Å². The highest BCUT2D eigenvalue weighted by Gasteiger charge is 2.07. The number of rotatable bonds is 5. The molecule has 0 aliphatic rings. The molecule has 0 amide bonds. The van der Waals surface area contributed by atoms with E-state index in [2.05, 4.69) is 23.7 Å². The Morgan fingerprint density at radius 3 is 2.81 bits per heavy atom. The molecule has 88 valence electrons. The van der Waals surface area contributed by atoms with Gasteiger partial charge in [-0.25, -0.2) is 4.98 Å². The van der Waals surface area contributed by atoms with Crippen molar-refractivity contribution in [1.82, 2.24) is 4.98 Å². The fourth-order valence-corrected chi connectivity index (χ4v) is 1.58. The van der Waals surface area contributed by atoms with Crippen molar-refractivity contribution >= 4 is 23.0 Å². The van der Waals surface area contributed by atoms with Crippen LogP contribution in [0.1, 0.15) is 26.0 Å². The summed E-state index contributed by atoms with van der Waals surface area (Å²) in [5, 5.41) is 0. The fraction of sp³-hybridized carbons (Fsp3) is 0.500. The summed E-state index contributed by atoms with van der Waals surface area (Å²) in [6.07, 6.45) is 1.17. The summed E-state index contributed by atoms with van der Waals surface area (Å²) in [4.78, 5) is 6.90. The largest absolute Gasteiger partial charge is 0.388 e. The molecule has 4 heteroatoms. The lowest BCUT2D eigenvalue weighted by molar-refractivity contribution is 0.557. The summed E-state index contributed by atoms with van der Waals surface area (Å²) in [6.45, 7) is 5.41. The fourth-order valence-electron chi connectivity index (χ4n) is 1.46. The van der Waals surface area contributed by atoms with E-state index in [1.807, 2.05) is 25.2 Å². The Labute approximate surface area is 103 Å². The summed E-state index contributed by atoms with van der Waals surface area (Å²) in [5.74, 6) is 1.57. The van der Waals surface area contributed by atoms with E-state index in [0.717, 1.165) is 12.4 Å². The number of nitrogens with two attached hydrogens (primary N) is 1. The SMILES string of the molecule is CCC(C)CN(C)c1cccc(C(N)=S)n1. The first-order valence-corrected chi connectivity index (χ1v) is 5.93. The Bertz CT molecular complexity index is 365. The molecule has 1 aromatic heterocycles. The van der Waals surface area contributed by atoms with Gasteiger partial charge in [0.25, 0.3) is 0 Å². The van der Waals surface area contributed by atoms with Crippen LogP contribution in [0.4, 0.5) is 5.82 Å². The highest BCUT2D eigenvalue weighted by atomic mass is 32.1.